The molecule has 0 amide bonds. The maximum atomic E-state index is 12.8. The standard InChI is InChI=1S/C12H13F3N6/c1-2-17-11-20-9(12(13,14)15)5-10(21-11)18-6-8-3-4-16-7-19-8/h3-5,7H,2,6H2,1H3,(H2,17,18,20,21). The van der Waals surface area contributed by atoms with Crippen LogP contribution in [0.4, 0.5) is 24.9 Å². The van der Waals surface area contributed by atoms with Gasteiger partial charge in [-0.15, -0.1) is 0 Å². The van der Waals surface area contributed by atoms with E-state index in [2.05, 4.69) is 30.6 Å². The fourth-order valence-corrected chi connectivity index (χ4v) is 1.52. The first-order valence-corrected chi connectivity index (χ1v) is 6.18. The van der Waals surface area contributed by atoms with Crippen LogP contribution in [0.2, 0.25) is 0 Å². The molecule has 0 aliphatic rings. The summed E-state index contributed by atoms with van der Waals surface area (Å²) in [5.41, 5.74) is -0.360. The van der Waals surface area contributed by atoms with Gasteiger partial charge in [-0.2, -0.15) is 18.2 Å². The van der Waals surface area contributed by atoms with Crippen LogP contribution < -0.4 is 10.6 Å². The molecule has 0 unspecified atom stereocenters. The van der Waals surface area contributed by atoms with Gasteiger partial charge >= 0.3 is 6.18 Å². The summed E-state index contributed by atoms with van der Waals surface area (Å²) in [4.78, 5) is 15.1. The van der Waals surface area contributed by atoms with Crippen LogP contribution in [-0.2, 0) is 12.7 Å². The third-order valence-corrected chi connectivity index (χ3v) is 2.45. The third-order valence-electron chi connectivity index (χ3n) is 2.45. The molecule has 9 heteroatoms. The molecule has 0 spiro atoms. The van der Waals surface area contributed by atoms with E-state index in [1.165, 1.54) is 6.33 Å². The highest BCUT2D eigenvalue weighted by atomic mass is 19.4. The largest absolute Gasteiger partial charge is 0.433 e. The van der Waals surface area contributed by atoms with E-state index in [0.717, 1.165) is 6.07 Å². The fourth-order valence-electron chi connectivity index (χ4n) is 1.52. The van der Waals surface area contributed by atoms with Crippen LogP contribution in [-0.4, -0.2) is 26.5 Å². The molecule has 0 aliphatic carbocycles. The van der Waals surface area contributed by atoms with Gasteiger partial charge in [0.25, 0.3) is 0 Å². The van der Waals surface area contributed by atoms with Gasteiger partial charge < -0.3 is 10.6 Å². The van der Waals surface area contributed by atoms with Crippen molar-refractivity contribution in [3.8, 4) is 0 Å². The Kier molecular flexibility index (Phi) is 4.51. The minimum Gasteiger partial charge on any atom is -0.364 e. The third kappa shape index (κ3) is 4.26. The molecular weight excluding hydrogens is 285 g/mol. The van der Waals surface area contributed by atoms with Crippen LogP contribution in [0, 0.1) is 0 Å². The number of alkyl halides is 3. The minimum atomic E-state index is -4.53. The lowest BCUT2D eigenvalue weighted by Crippen LogP contribution is -2.14. The SMILES string of the molecule is CCNc1nc(NCc2ccncn2)cc(C(F)(F)F)n1. The van der Waals surface area contributed by atoms with Crippen molar-refractivity contribution in [1.82, 2.24) is 19.9 Å². The van der Waals surface area contributed by atoms with Gasteiger partial charge in [-0.05, 0) is 13.0 Å². The average Bonchev–Trinajstić information content (AvgIpc) is 2.45. The zero-order valence-electron chi connectivity index (χ0n) is 11.1. The molecule has 2 aromatic rings. The maximum Gasteiger partial charge on any atom is 0.433 e. The Balaban J connectivity index is 2.19. The molecule has 21 heavy (non-hydrogen) atoms. The normalized spacial score (nSPS) is 11.2. The quantitative estimate of drug-likeness (QED) is 0.882. The number of rotatable bonds is 5. The Bertz CT molecular complexity index is 587. The molecule has 0 bridgehead atoms. The highest BCUT2D eigenvalue weighted by Crippen LogP contribution is 2.29. The summed E-state index contributed by atoms with van der Waals surface area (Å²) in [6, 6.07) is 2.52. The Hall–Kier alpha value is -2.45. The predicted octanol–water partition coefficient (Wildman–Crippen LogP) is 2.33. The number of aromatic nitrogens is 4. The smallest absolute Gasteiger partial charge is 0.364 e. The molecule has 0 fully saturated rings. The van der Waals surface area contributed by atoms with E-state index in [0.29, 0.717) is 12.2 Å². The van der Waals surface area contributed by atoms with E-state index >= 15 is 0 Å². The van der Waals surface area contributed by atoms with Crippen LogP contribution in [0.25, 0.3) is 0 Å². The number of nitrogens with zero attached hydrogens (tertiary/aromatic N) is 4. The van der Waals surface area contributed by atoms with E-state index < -0.39 is 11.9 Å². The number of nitrogens with one attached hydrogen (secondary N) is 2. The molecule has 2 N–H and O–H groups in total. The molecule has 0 aliphatic heterocycles. The van der Waals surface area contributed by atoms with Crippen LogP contribution in [0.3, 0.4) is 0 Å². The predicted molar refractivity (Wildman–Crippen MR) is 70.6 cm³/mol. The molecule has 2 heterocycles. The molecule has 0 radical (unpaired) electrons. The lowest BCUT2D eigenvalue weighted by Gasteiger charge is -2.12. The Morgan fingerprint density at radius 2 is 2.00 bits per heavy atom. The zero-order valence-corrected chi connectivity index (χ0v) is 11.1. The highest BCUT2D eigenvalue weighted by molar-refractivity contribution is 5.43. The van der Waals surface area contributed by atoms with Crippen molar-refractivity contribution in [3.63, 3.8) is 0 Å². The number of hydrogen-bond acceptors (Lipinski definition) is 6. The number of hydrogen-bond donors (Lipinski definition) is 2. The summed E-state index contributed by atoms with van der Waals surface area (Å²) in [5, 5.41) is 5.46. The minimum absolute atomic E-state index is 0.0717. The molecule has 112 valence electrons. The fraction of sp³-hybridized carbons (Fsp3) is 0.333. The van der Waals surface area contributed by atoms with Gasteiger partial charge in [-0.25, -0.2) is 15.0 Å². The zero-order chi connectivity index (χ0) is 15.3. The van der Waals surface area contributed by atoms with Crippen molar-refractivity contribution >= 4 is 11.8 Å². The van der Waals surface area contributed by atoms with Gasteiger partial charge in [0.1, 0.15) is 12.1 Å². The van der Waals surface area contributed by atoms with Gasteiger partial charge in [0, 0.05) is 18.8 Å². The summed E-state index contributed by atoms with van der Waals surface area (Å²) in [5.74, 6) is 0.00407. The molecule has 0 saturated heterocycles. The highest BCUT2D eigenvalue weighted by Gasteiger charge is 2.33. The van der Waals surface area contributed by atoms with Crippen LogP contribution in [0.5, 0.6) is 0 Å². The van der Waals surface area contributed by atoms with Gasteiger partial charge in [0.2, 0.25) is 5.95 Å². The lowest BCUT2D eigenvalue weighted by atomic mass is 10.3. The van der Waals surface area contributed by atoms with Crippen molar-refractivity contribution in [2.75, 3.05) is 17.2 Å². The topological polar surface area (TPSA) is 75.6 Å². The first-order chi connectivity index (χ1) is 9.99. The monoisotopic (exact) mass is 298 g/mol. The van der Waals surface area contributed by atoms with E-state index in [1.807, 2.05) is 0 Å². The van der Waals surface area contributed by atoms with E-state index in [9.17, 15) is 13.2 Å². The van der Waals surface area contributed by atoms with Crippen LogP contribution in [0.1, 0.15) is 18.3 Å². The van der Waals surface area contributed by atoms with Gasteiger partial charge in [-0.1, -0.05) is 0 Å². The molecule has 2 aromatic heterocycles. The first kappa shape index (κ1) is 14.9. The summed E-state index contributed by atoms with van der Waals surface area (Å²) in [7, 11) is 0. The second kappa shape index (κ2) is 6.33. The van der Waals surface area contributed by atoms with Crippen molar-refractivity contribution in [2.45, 2.75) is 19.6 Å². The van der Waals surface area contributed by atoms with Gasteiger partial charge in [-0.3, -0.25) is 0 Å². The molecule has 6 nitrogen and oxygen atoms in total. The second-order valence-corrected chi connectivity index (χ2v) is 4.04. The number of anilines is 2. The first-order valence-electron chi connectivity index (χ1n) is 6.18. The molecule has 0 aromatic carbocycles. The van der Waals surface area contributed by atoms with Crippen molar-refractivity contribution in [3.05, 3.63) is 36.0 Å². The molecule has 2 rings (SSSR count). The van der Waals surface area contributed by atoms with E-state index in [4.69, 9.17) is 0 Å². The van der Waals surface area contributed by atoms with Crippen LogP contribution in [0.15, 0.2) is 24.7 Å². The van der Waals surface area contributed by atoms with Gasteiger partial charge in [0.05, 0.1) is 12.2 Å². The number of halogens is 3. The van der Waals surface area contributed by atoms with Gasteiger partial charge in [0.15, 0.2) is 5.69 Å². The molecule has 0 saturated carbocycles. The Morgan fingerprint density at radius 1 is 1.19 bits per heavy atom. The Morgan fingerprint density at radius 3 is 2.62 bits per heavy atom. The summed E-state index contributed by atoms with van der Waals surface area (Å²) in [6.45, 7) is 2.41. The summed E-state index contributed by atoms with van der Waals surface area (Å²) in [6.07, 6.45) is -1.62. The Labute approximate surface area is 118 Å². The summed E-state index contributed by atoms with van der Waals surface area (Å²) < 4.78 is 38.4. The summed E-state index contributed by atoms with van der Waals surface area (Å²) >= 11 is 0. The average molecular weight is 298 g/mol. The van der Waals surface area contributed by atoms with Crippen molar-refractivity contribution < 1.29 is 13.2 Å². The van der Waals surface area contributed by atoms with Crippen molar-refractivity contribution in [2.24, 2.45) is 0 Å². The van der Waals surface area contributed by atoms with E-state index in [-0.39, 0.29) is 18.3 Å². The molecular formula is C12H13F3N6. The maximum absolute atomic E-state index is 12.8. The second-order valence-electron chi connectivity index (χ2n) is 4.04. The van der Waals surface area contributed by atoms with Crippen molar-refractivity contribution in [1.29, 1.82) is 0 Å². The van der Waals surface area contributed by atoms with Crippen LogP contribution >= 0.6 is 0 Å². The molecule has 0 atom stereocenters. The lowest BCUT2D eigenvalue weighted by molar-refractivity contribution is -0.141. The van der Waals surface area contributed by atoms with E-state index in [1.54, 1.807) is 19.2 Å².